The first-order valence-corrected chi connectivity index (χ1v) is 13.2. The molecule has 2 rings (SSSR count). The molecule has 0 aromatic carbocycles. The van der Waals surface area contributed by atoms with Crippen LogP contribution in [0.2, 0.25) is 18.1 Å². The van der Waals surface area contributed by atoms with Crippen molar-refractivity contribution in [2.45, 2.75) is 90.4 Å². The van der Waals surface area contributed by atoms with Crippen molar-refractivity contribution in [3.05, 3.63) is 37.8 Å². The van der Waals surface area contributed by atoms with Crippen molar-refractivity contribution in [2.75, 3.05) is 6.61 Å². The molecule has 3 atom stereocenters. The summed E-state index contributed by atoms with van der Waals surface area (Å²) < 4.78 is 14.7. The minimum Gasteiger partial charge on any atom is -0.624 e. The summed E-state index contributed by atoms with van der Waals surface area (Å²) in [5.74, 6) is 0. The van der Waals surface area contributed by atoms with Gasteiger partial charge in [0.25, 0.3) is 5.56 Å². The maximum absolute atomic E-state index is 12.7. The average Bonchev–Trinajstić information content (AvgIpc) is 3.04. The molecule has 2 unspecified atom stereocenters. The first-order chi connectivity index (χ1) is 13.4. The molecule has 0 radical (unpaired) electrons. The fourth-order valence-electron chi connectivity index (χ4n) is 3.00. The third-order valence-electron chi connectivity index (χ3n) is 6.00. The summed E-state index contributed by atoms with van der Waals surface area (Å²) in [7, 11) is -2.02. The number of aromatic amines is 1. The van der Waals surface area contributed by atoms with Crippen LogP contribution in [-0.2, 0) is 9.16 Å². The molecular formula is C20H35N3O5Si. The van der Waals surface area contributed by atoms with Crippen LogP contribution in [0.5, 0.6) is 0 Å². The summed E-state index contributed by atoms with van der Waals surface area (Å²) in [4.78, 5) is 26.3. The number of unbranched alkanes of at least 4 members (excludes halogenated alkanes) is 1. The van der Waals surface area contributed by atoms with Crippen LogP contribution < -0.4 is 11.2 Å². The number of hydrogen-bond donors (Lipinski definition) is 1. The van der Waals surface area contributed by atoms with Gasteiger partial charge in [-0.15, -0.1) is 0 Å². The van der Waals surface area contributed by atoms with Gasteiger partial charge < -0.3 is 14.4 Å². The Balaban J connectivity index is 2.29. The van der Waals surface area contributed by atoms with E-state index in [1.54, 1.807) is 13.1 Å². The number of aryl methyl sites for hydroxylation is 1. The van der Waals surface area contributed by atoms with Crippen LogP contribution in [0.1, 0.15) is 58.7 Å². The van der Waals surface area contributed by atoms with Crippen molar-refractivity contribution in [3.63, 3.8) is 0 Å². The molecular weight excluding hydrogens is 390 g/mol. The molecule has 0 amide bonds. The van der Waals surface area contributed by atoms with Crippen LogP contribution in [0.25, 0.3) is 0 Å². The first kappa shape index (κ1) is 23.6. The summed E-state index contributed by atoms with van der Waals surface area (Å²) in [6.45, 7) is 14.7. The fourth-order valence-corrected chi connectivity index (χ4v) is 4.02. The largest absolute Gasteiger partial charge is 0.624 e. The molecule has 1 aliphatic heterocycles. The molecule has 0 bridgehead atoms. The predicted octanol–water partition coefficient (Wildman–Crippen LogP) is 2.90. The Morgan fingerprint density at radius 3 is 2.66 bits per heavy atom. The number of rotatable bonds is 7. The van der Waals surface area contributed by atoms with E-state index < -0.39 is 37.9 Å². The van der Waals surface area contributed by atoms with Crippen molar-refractivity contribution in [1.82, 2.24) is 9.55 Å². The molecule has 0 spiro atoms. The lowest BCUT2D eigenvalue weighted by Crippen LogP contribution is -2.45. The van der Waals surface area contributed by atoms with Gasteiger partial charge in [-0.2, -0.15) is 0 Å². The summed E-state index contributed by atoms with van der Waals surface area (Å²) in [6, 6.07) is -0.449. The highest BCUT2D eigenvalue weighted by molar-refractivity contribution is 6.74. The lowest BCUT2D eigenvalue weighted by molar-refractivity contribution is -0.503. The van der Waals surface area contributed by atoms with E-state index in [0.29, 0.717) is 25.0 Å². The standard InChI is InChI=1S/C20H35N3O5Si/c1-8-9-10-23(26)15-11-17(22-12-14(2)18(24)21-19(22)25)28-16(15)13-27-29(6,7)20(3,4)5/h10,12,15-17H,8-9,11,13H2,1-7H3,(H,21,24,25)/b23-10-/t15-,16?,17?/m1/s1. The highest BCUT2D eigenvalue weighted by atomic mass is 28.4. The van der Waals surface area contributed by atoms with Gasteiger partial charge >= 0.3 is 5.69 Å². The van der Waals surface area contributed by atoms with E-state index in [-0.39, 0.29) is 5.04 Å². The van der Waals surface area contributed by atoms with Crippen molar-refractivity contribution < 1.29 is 13.9 Å². The lowest BCUT2D eigenvalue weighted by Gasteiger charge is -2.37. The maximum atomic E-state index is 12.7. The van der Waals surface area contributed by atoms with Gasteiger partial charge in [-0.05, 0) is 31.5 Å². The third kappa shape index (κ3) is 5.46. The van der Waals surface area contributed by atoms with Gasteiger partial charge in [0, 0.05) is 18.2 Å². The number of ether oxygens (including phenoxy) is 1. The molecule has 29 heavy (non-hydrogen) atoms. The second-order valence-corrected chi connectivity index (χ2v) is 14.1. The number of nitrogens with zero attached hydrogens (tertiary/aromatic N) is 2. The van der Waals surface area contributed by atoms with Crippen LogP contribution in [0.4, 0.5) is 0 Å². The average molecular weight is 426 g/mol. The molecule has 0 aliphatic carbocycles. The number of hydroxylamine groups is 1. The van der Waals surface area contributed by atoms with Gasteiger partial charge in [0.15, 0.2) is 20.6 Å². The summed E-state index contributed by atoms with van der Waals surface area (Å²) in [5, 5.41) is 12.8. The highest BCUT2D eigenvalue weighted by Gasteiger charge is 2.45. The van der Waals surface area contributed by atoms with Crippen LogP contribution in [-0.4, -0.2) is 47.6 Å². The van der Waals surface area contributed by atoms with Crippen LogP contribution in [0.15, 0.2) is 15.8 Å². The van der Waals surface area contributed by atoms with E-state index >= 15 is 0 Å². The predicted molar refractivity (Wildman–Crippen MR) is 116 cm³/mol. The Hall–Kier alpha value is -1.71. The Kier molecular flexibility index (Phi) is 7.29. The molecule has 2 heterocycles. The van der Waals surface area contributed by atoms with Crippen molar-refractivity contribution in [3.8, 4) is 0 Å². The molecule has 0 saturated carbocycles. The molecule has 164 valence electrons. The second kappa shape index (κ2) is 8.97. The number of aromatic nitrogens is 2. The first-order valence-electron chi connectivity index (χ1n) is 10.3. The third-order valence-corrected chi connectivity index (χ3v) is 10.5. The minimum absolute atomic E-state index is 0.0406. The van der Waals surface area contributed by atoms with E-state index in [0.717, 1.165) is 11.2 Å². The molecule has 1 fully saturated rings. The second-order valence-electron chi connectivity index (χ2n) is 9.31. The Morgan fingerprint density at radius 1 is 1.41 bits per heavy atom. The molecule has 1 aromatic rings. The monoisotopic (exact) mass is 425 g/mol. The topological polar surface area (TPSA) is 99.4 Å². The van der Waals surface area contributed by atoms with Gasteiger partial charge in [-0.3, -0.25) is 14.3 Å². The number of hydrogen-bond acceptors (Lipinski definition) is 5. The molecule has 1 N–H and O–H groups in total. The van der Waals surface area contributed by atoms with Crippen molar-refractivity contribution >= 4 is 14.5 Å². The van der Waals surface area contributed by atoms with E-state index in [1.165, 1.54) is 10.8 Å². The zero-order valence-electron chi connectivity index (χ0n) is 18.7. The van der Waals surface area contributed by atoms with Crippen LogP contribution in [0, 0.1) is 12.1 Å². The summed E-state index contributed by atoms with van der Waals surface area (Å²) in [5.41, 5.74) is -0.534. The van der Waals surface area contributed by atoms with E-state index in [4.69, 9.17) is 9.16 Å². The molecule has 9 heteroatoms. The van der Waals surface area contributed by atoms with E-state index in [1.807, 2.05) is 6.92 Å². The summed E-state index contributed by atoms with van der Waals surface area (Å²) in [6.07, 6.45) is 3.95. The Bertz CT molecular complexity index is 853. The lowest BCUT2D eigenvalue weighted by atomic mass is 10.1. The minimum atomic E-state index is -2.02. The Labute approximate surface area is 173 Å². The number of nitrogens with one attached hydrogen (secondary N) is 1. The normalized spacial score (nSPS) is 23.6. The maximum Gasteiger partial charge on any atom is 0.330 e. The molecule has 1 saturated heterocycles. The van der Waals surface area contributed by atoms with Gasteiger partial charge in [-0.1, -0.05) is 27.7 Å². The van der Waals surface area contributed by atoms with Gasteiger partial charge in [0.05, 0.1) is 13.0 Å². The van der Waals surface area contributed by atoms with Gasteiger partial charge in [0.1, 0.15) is 12.3 Å². The smallest absolute Gasteiger partial charge is 0.330 e. The zero-order chi connectivity index (χ0) is 22.0. The van der Waals surface area contributed by atoms with Crippen molar-refractivity contribution in [1.29, 1.82) is 0 Å². The fraction of sp³-hybridized carbons (Fsp3) is 0.750. The molecule has 1 aliphatic rings. The molecule has 1 aromatic heterocycles. The quantitative estimate of drug-likeness (QED) is 0.238. The zero-order valence-corrected chi connectivity index (χ0v) is 19.7. The van der Waals surface area contributed by atoms with Crippen LogP contribution in [0.3, 0.4) is 0 Å². The van der Waals surface area contributed by atoms with Gasteiger partial charge in [-0.25, -0.2) is 9.53 Å². The van der Waals surface area contributed by atoms with E-state index in [9.17, 15) is 14.8 Å². The highest BCUT2D eigenvalue weighted by Crippen LogP contribution is 2.38. The van der Waals surface area contributed by atoms with Crippen LogP contribution >= 0.6 is 0 Å². The van der Waals surface area contributed by atoms with Gasteiger partial charge in [0.2, 0.25) is 0 Å². The SMILES string of the molecule is CCC/C=[N+](\[O-])[C@@H]1CC(n2cc(C)c(=O)[nH]c2=O)OC1CO[Si](C)(C)C(C)(C)C. The number of H-pyrrole nitrogens is 1. The molecule has 8 nitrogen and oxygen atoms in total. The Morgan fingerprint density at radius 2 is 2.07 bits per heavy atom. The van der Waals surface area contributed by atoms with E-state index in [2.05, 4.69) is 38.8 Å². The van der Waals surface area contributed by atoms with Crippen molar-refractivity contribution in [2.24, 2.45) is 0 Å². The summed E-state index contributed by atoms with van der Waals surface area (Å²) >= 11 is 0.